The molecule has 2 N–H and O–H groups in total. The molecule has 2 aromatic carbocycles. The van der Waals surface area contributed by atoms with Crippen molar-refractivity contribution in [3.63, 3.8) is 0 Å². The van der Waals surface area contributed by atoms with Gasteiger partial charge in [-0.05, 0) is 34.5 Å². The molecule has 0 radical (unpaired) electrons. The third kappa shape index (κ3) is 2.99. The number of nitrogens with two attached hydrogens (primary N) is 1. The molecule has 1 aromatic heterocycles. The highest BCUT2D eigenvalue weighted by Crippen LogP contribution is 2.26. The summed E-state index contributed by atoms with van der Waals surface area (Å²) in [7, 11) is 0. The molecule has 6 heteroatoms. The highest BCUT2D eigenvalue weighted by molar-refractivity contribution is 5.89. The third-order valence-corrected chi connectivity index (χ3v) is 3.17. The lowest BCUT2D eigenvalue weighted by Crippen LogP contribution is -2.17. The first-order valence-corrected chi connectivity index (χ1v) is 6.30. The molecule has 0 saturated carbocycles. The average Bonchev–Trinajstić information content (AvgIpc) is 2.84. The van der Waals surface area contributed by atoms with Crippen LogP contribution in [0.15, 0.2) is 48.8 Å². The Labute approximate surface area is 118 Å². The predicted molar refractivity (Wildman–Crippen MR) is 75.6 cm³/mol. The fourth-order valence-electron chi connectivity index (χ4n) is 2.23. The van der Waals surface area contributed by atoms with Gasteiger partial charge < -0.3 is 5.73 Å². The van der Waals surface area contributed by atoms with Crippen LogP contribution in [0.1, 0.15) is 0 Å². The molecular weight excluding hydrogens is 279 g/mol. The number of benzene rings is 2. The van der Waals surface area contributed by atoms with Gasteiger partial charge in [0.05, 0.1) is 6.20 Å². The summed E-state index contributed by atoms with van der Waals surface area (Å²) in [5.74, 6) is 0. The van der Waals surface area contributed by atoms with E-state index >= 15 is 0 Å². The number of fused-ring (bicyclic) bond motifs is 1. The van der Waals surface area contributed by atoms with Crippen LogP contribution in [-0.2, 0) is 6.54 Å². The number of nitrogen functional groups attached to an aromatic ring is 1. The first-order valence-electron chi connectivity index (χ1n) is 6.30. The summed E-state index contributed by atoms with van der Waals surface area (Å²) >= 11 is 0. The van der Waals surface area contributed by atoms with E-state index in [1.165, 1.54) is 12.4 Å². The van der Waals surface area contributed by atoms with E-state index in [0.717, 1.165) is 21.0 Å². The standard InChI is InChI=1S/C15H12F3N3/c16-15(17,18)9-21-8-13(7-20-21)11-1-2-12-6-14(19)4-3-10(12)5-11/h1-8H,9,19H2. The molecule has 3 aromatic rings. The lowest BCUT2D eigenvalue weighted by atomic mass is 10.0. The van der Waals surface area contributed by atoms with Gasteiger partial charge in [0.1, 0.15) is 6.54 Å². The first-order chi connectivity index (χ1) is 9.90. The third-order valence-electron chi connectivity index (χ3n) is 3.17. The number of aromatic nitrogens is 2. The van der Waals surface area contributed by atoms with Gasteiger partial charge in [0, 0.05) is 17.4 Å². The summed E-state index contributed by atoms with van der Waals surface area (Å²) in [6, 6.07) is 11.2. The topological polar surface area (TPSA) is 43.8 Å². The molecule has 0 saturated heterocycles. The Hall–Kier alpha value is -2.50. The van der Waals surface area contributed by atoms with Crippen molar-refractivity contribution < 1.29 is 13.2 Å². The molecule has 0 amide bonds. The second-order valence-electron chi connectivity index (χ2n) is 4.86. The van der Waals surface area contributed by atoms with E-state index in [0.29, 0.717) is 11.3 Å². The predicted octanol–water partition coefficient (Wildman–Crippen LogP) is 3.85. The Kier molecular flexibility index (Phi) is 3.08. The molecule has 0 unspecified atom stereocenters. The Morgan fingerprint density at radius 3 is 2.48 bits per heavy atom. The first kappa shape index (κ1) is 13.5. The molecule has 0 aliphatic rings. The van der Waals surface area contributed by atoms with Crippen LogP contribution in [0.25, 0.3) is 21.9 Å². The van der Waals surface area contributed by atoms with Crippen molar-refractivity contribution in [3.8, 4) is 11.1 Å². The molecule has 108 valence electrons. The molecule has 3 nitrogen and oxygen atoms in total. The molecule has 0 aliphatic carbocycles. The fourth-order valence-corrected chi connectivity index (χ4v) is 2.23. The summed E-state index contributed by atoms with van der Waals surface area (Å²) < 4.78 is 37.9. The van der Waals surface area contributed by atoms with Crippen molar-refractivity contribution in [3.05, 3.63) is 48.8 Å². The highest BCUT2D eigenvalue weighted by Gasteiger charge is 2.28. The minimum Gasteiger partial charge on any atom is -0.399 e. The maximum absolute atomic E-state index is 12.3. The lowest BCUT2D eigenvalue weighted by molar-refractivity contribution is -0.142. The van der Waals surface area contributed by atoms with Crippen molar-refractivity contribution in [2.75, 3.05) is 5.73 Å². The SMILES string of the molecule is Nc1ccc2cc(-c3cnn(CC(F)(F)F)c3)ccc2c1. The summed E-state index contributed by atoms with van der Waals surface area (Å²) in [4.78, 5) is 0. The summed E-state index contributed by atoms with van der Waals surface area (Å²) in [5.41, 5.74) is 7.86. The van der Waals surface area contributed by atoms with Crippen LogP contribution < -0.4 is 5.73 Å². The molecule has 0 bridgehead atoms. The second kappa shape index (κ2) is 4.80. The Morgan fingerprint density at radius 2 is 1.71 bits per heavy atom. The van der Waals surface area contributed by atoms with Gasteiger partial charge in [-0.3, -0.25) is 4.68 Å². The molecule has 3 rings (SSSR count). The van der Waals surface area contributed by atoms with Crippen LogP contribution in [0.2, 0.25) is 0 Å². The van der Waals surface area contributed by atoms with Gasteiger partial charge in [0.2, 0.25) is 0 Å². The van der Waals surface area contributed by atoms with Gasteiger partial charge >= 0.3 is 6.18 Å². The van der Waals surface area contributed by atoms with Crippen molar-refractivity contribution in [1.29, 1.82) is 0 Å². The van der Waals surface area contributed by atoms with Crippen molar-refractivity contribution in [2.24, 2.45) is 0 Å². The van der Waals surface area contributed by atoms with Crippen LogP contribution in [0.3, 0.4) is 0 Å². The smallest absolute Gasteiger partial charge is 0.399 e. The maximum Gasteiger partial charge on any atom is 0.408 e. The molecular formula is C15H12F3N3. The van der Waals surface area contributed by atoms with Gasteiger partial charge in [-0.2, -0.15) is 18.3 Å². The number of rotatable bonds is 2. The molecule has 0 fully saturated rings. The zero-order valence-electron chi connectivity index (χ0n) is 10.9. The van der Waals surface area contributed by atoms with E-state index in [2.05, 4.69) is 5.10 Å². The summed E-state index contributed by atoms with van der Waals surface area (Å²) in [5, 5.41) is 5.71. The Balaban J connectivity index is 1.95. The maximum atomic E-state index is 12.3. The lowest BCUT2D eigenvalue weighted by Gasteiger charge is -2.05. The van der Waals surface area contributed by atoms with Crippen LogP contribution in [0.5, 0.6) is 0 Å². The number of halogens is 3. The van der Waals surface area contributed by atoms with Crippen LogP contribution in [0, 0.1) is 0 Å². The molecule has 0 spiro atoms. The fraction of sp³-hybridized carbons (Fsp3) is 0.133. The number of anilines is 1. The normalized spacial score (nSPS) is 12.0. The highest BCUT2D eigenvalue weighted by atomic mass is 19.4. The van der Waals surface area contributed by atoms with Crippen molar-refractivity contribution in [2.45, 2.75) is 12.7 Å². The van der Waals surface area contributed by atoms with Crippen molar-refractivity contribution >= 4 is 16.5 Å². The molecule has 1 heterocycles. The number of alkyl halides is 3. The number of hydrogen-bond acceptors (Lipinski definition) is 2. The van der Waals surface area contributed by atoms with Gasteiger partial charge in [0.25, 0.3) is 0 Å². The second-order valence-corrected chi connectivity index (χ2v) is 4.86. The number of hydrogen-bond donors (Lipinski definition) is 1. The van der Waals surface area contributed by atoms with E-state index in [4.69, 9.17) is 5.73 Å². The van der Waals surface area contributed by atoms with E-state index in [1.54, 1.807) is 6.07 Å². The van der Waals surface area contributed by atoms with Crippen LogP contribution in [-0.4, -0.2) is 16.0 Å². The van der Waals surface area contributed by atoms with Gasteiger partial charge in [0.15, 0.2) is 0 Å². The Bertz CT molecular complexity index is 790. The monoisotopic (exact) mass is 291 g/mol. The van der Waals surface area contributed by atoms with E-state index < -0.39 is 12.7 Å². The molecule has 0 aliphatic heterocycles. The van der Waals surface area contributed by atoms with Gasteiger partial charge in [-0.25, -0.2) is 0 Å². The summed E-state index contributed by atoms with van der Waals surface area (Å²) in [6.45, 7) is -1.09. The van der Waals surface area contributed by atoms with Crippen LogP contribution >= 0.6 is 0 Å². The zero-order valence-corrected chi connectivity index (χ0v) is 10.9. The van der Waals surface area contributed by atoms with E-state index in [1.807, 2.05) is 30.3 Å². The minimum atomic E-state index is -4.27. The van der Waals surface area contributed by atoms with Crippen molar-refractivity contribution in [1.82, 2.24) is 9.78 Å². The quantitative estimate of drug-likeness (QED) is 0.729. The zero-order chi connectivity index (χ0) is 15.0. The van der Waals surface area contributed by atoms with Crippen LogP contribution in [0.4, 0.5) is 18.9 Å². The largest absolute Gasteiger partial charge is 0.408 e. The van der Waals surface area contributed by atoms with E-state index in [9.17, 15) is 13.2 Å². The number of nitrogens with zero attached hydrogens (tertiary/aromatic N) is 2. The Morgan fingerprint density at radius 1 is 1.00 bits per heavy atom. The summed E-state index contributed by atoms with van der Waals surface area (Å²) in [6.07, 6.45) is -1.44. The molecule has 21 heavy (non-hydrogen) atoms. The molecule has 0 atom stereocenters. The minimum absolute atomic E-state index is 0.651. The van der Waals surface area contributed by atoms with Gasteiger partial charge in [-0.15, -0.1) is 0 Å². The van der Waals surface area contributed by atoms with E-state index in [-0.39, 0.29) is 0 Å². The average molecular weight is 291 g/mol. The van der Waals surface area contributed by atoms with Gasteiger partial charge in [-0.1, -0.05) is 18.2 Å².